The molecular weight excluding hydrogens is 208 g/mol. The topological polar surface area (TPSA) is 61.8 Å². The van der Waals surface area contributed by atoms with Crippen molar-refractivity contribution >= 4 is 6.09 Å². The van der Waals surface area contributed by atoms with Gasteiger partial charge in [0.1, 0.15) is 5.60 Å². The number of nitrogens with zero attached hydrogens (tertiary/aromatic N) is 1. The zero-order valence-corrected chi connectivity index (χ0v) is 10.5. The number of aliphatic hydroxyl groups is 1. The van der Waals surface area contributed by atoms with E-state index in [4.69, 9.17) is 4.74 Å². The van der Waals surface area contributed by atoms with Gasteiger partial charge in [-0.2, -0.15) is 0 Å². The molecule has 1 aliphatic heterocycles. The van der Waals surface area contributed by atoms with Gasteiger partial charge in [-0.3, -0.25) is 0 Å². The van der Waals surface area contributed by atoms with Crippen molar-refractivity contribution in [1.82, 2.24) is 10.2 Å². The largest absolute Gasteiger partial charge is 0.444 e. The summed E-state index contributed by atoms with van der Waals surface area (Å²) in [6, 6.07) is 0. The van der Waals surface area contributed by atoms with Crippen LogP contribution in [0.5, 0.6) is 0 Å². The SMILES string of the molecule is CN(CCC1(O)CNC1)C(=O)OC(C)(C)C. The fourth-order valence-corrected chi connectivity index (χ4v) is 1.40. The summed E-state index contributed by atoms with van der Waals surface area (Å²) in [5.74, 6) is 0. The number of carbonyl (C=O) groups excluding carboxylic acids is 1. The normalized spacial score (nSPS) is 18.8. The van der Waals surface area contributed by atoms with E-state index in [1.54, 1.807) is 7.05 Å². The first-order valence-electron chi connectivity index (χ1n) is 5.59. The Morgan fingerprint density at radius 3 is 2.44 bits per heavy atom. The molecule has 5 heteroatoms. The van der Waals surface area contributed by atoms with Crippen molar-refractivity contribution in [2.45, 2.75) is 38.4 Å². The summed E-state index contributed by atoms with van der Waals surface area (Å²) in [7, 11) is 1.68. The first-order valence-corrected chi connectivity index (χ1v) is 5.59. The third-order valence-electron chi connectivity index (χ3n) is 2.53. The molecule has 0 aromatic rings. The van der Waals surface area contributed by atoms with Gasteiger partial charge in [0, 0.05) is 26.7 Å². The molecule has 1 heterocycles. The van der Waals surface area contributed by atoms with Crippen molar-refractivity contribution in [3.05, 3.63) is 0 Å². The van der Waals surface area contributed by atoms with Crippen LogP contribution in [0.3, 0.4) is 0 Å². The maximum Gasteiger partial charge on any atom is 0.410 e. The number of amides is 1. The van der Waals surface area contributed by atoms with Crippen LogP contribution < -0.4 is 5.32 Å². The van der Waals surface area contributed by atoms with Crippen molar-refractivity contribution in [2.24, 2.45) is 0 Å². The van der Waals surface area contributed by atoms with Gasteiger partial charge < -0.3 is 20.1 Å². The summed E-state index contributed by atoms with van der Waals surface area (Å²) in [5, 5.41) is 12.8. The van der Waals surface area contributed by atoms with Gasteiger partial charge in [0.2, 0.25) is 0 Å². The zero-order valence-electron chi connectivity index (χ0n) is 10.5. The van der Waals surface area contributed by atoms with E-state index in [2.05, 4.69) is 5.32 Å². The third kappa shape index (κ3) is 3.98. The van der Waals surface area contributed by atoms with Crippen LogP contribution in [0.2, 0.25) is 0 Å². The molecule has 0 aromatic heterocycles. The minimum Gasteiger partial charge on any atom is -0.444 e. The molecule has 94 valence electrons. The first kappa shape index (κ1) is 13.3. The zero-order chi connectivity index (χ0) is 12.4. The van der Waals surface area contributed by atoms with E-state index in [1.165, 1.54) is 4.90 Å². The van der Waals surface area contributed by atoms with E-state index in [1.807, 2.05) is 20.8 Å². The molecule has 1 aliphatic rings. The van der Waals surface area contributed by atoms with Crippen LogP contribution >= 0.6 is 0 Å². The molecule has 2 N–H and O–H groups in total. The van der Waals surface area contributed by atoms with Crippen LogP contribution in [0.4, 0.5) is 4.79 Å². The monoisotopic (exact) mass is 230 g/mol. The van der Waals surface area contributed by atoms with Gasteiger partial charge in [-0.1, -0.05) is 0 Å². The second-order valence-electron chi connectivity index (χ2n) is 5.48. The van der Waals surface area contributed by atoms with Crippen molar-refractivity contribution in [3.63, 3.8) is 0 Å². The molecule has 5 nitrogen and oxygen atoms in total. The number of β-amino-alcohol motifs (C(OH)–C–C–N with tert-alkyl or cyclic N) is 1. The minimum absolute atomic E-state index is 0.344. The number of carbonyl (C=O) groups is 1. The molecule has 1 amide bonds. The Morgan fingerprint density at radius 1 is 1.50 bits per heavy atom. The molecule has 0 saturated carbocycles. The highest BCUT2D eigenvalue weighted by Gasteiger charge is 2.34. The van der Waals surface area contributed by atoms with Crippen LogP contribution in [0, 0.1) is 0 Å². The highest BCUT2D eigenvalue weighted by atomic mass is 16.6. The molecule has 1 fully saturated rings. The van der Waals surface area contributed by atoms with Crippen LogP contribution in [-0.2, 0) is 4.74 Å². The van der Waals surface area contributed by atoms with Gasteiger partial charge >= 0.3 is 6.09 Å². The predicted molar refractivity (Wildman–Crippen MR) is 61.3 cm³/mol. The Balaban J connectivity index is 2.29. The lowest BCUT2D eigenvalue weighted by atomic mass is 9.93. The van der Waals surface area contributed by atoms with Crippen LogP contribution in [0.15, 0.2) is 0 Å². The number of nitrogens with one attached hydrogen (secondary N) is 1. The summed E-state index contributed by atoms with van der Waals surface area (Å²) in [6.07, 6.45) is 0.235. The molecule has 0 aromatic carbocycles. The van der Waals surface area contributed by atoms with E-state index in [9.17, 15) is 9.90 Å². The molecule has 0 spiro atoms. The van der Waals surface area contributed by atoms with E-state index in [0.717, 1.165) is 0 Å². The Hall–Kier alpha value is -0.810. The fourth-order valence-electron chi connectivity index (χ4n) is 1.40. The van der Waals surface area contributed by atoms with E-state index >= 15 is 0 Å². The quantitative estimate of drug-likeness (QED) is 0.744. The van der Waals surface area contributed by atoms with Crippen LogP contribution in [0.1, 0.15) is 27.2 Å². The summed E-state index contributed by atoms with van der Waals surface area (Å²) in [4.78, 5) is 13.1. The molecule has 0 atom stereocenters. The molecule has 0 radical (unpaired) electrons. The minimum atomic E-state index is -0.643. The average molecular weight is 230 g/mol. The van der Waals surface area contributed by atoms with Gasteiger partial charge in [0.25, 0.3) is 0 Å². The van der Waals surface area contributed by atoms with Gasteiger partial charge in [-0.15, -0.1) is 0 Å². The van der Waals surface area contributed by atoms with Crippen molar-refractivity contribution in [3.8, 4) is 0 Å². The number of ether oxygens (including phenoxy) is 1. The molecule has 0 unspecified atom stereocenters. The Bertz CT molecular complexity index is 256. The van der Waals surface area contributed by atoms with E-state index in [0.29, 0.717) is 26.1 Å². The second kappa shape index (κ2) is 4.59. The lowest BCUT2D eigenvalue weighted by Gasteiger charge is -2.38. The van der Waals surface area contributed by atoms with Crippen LogP contribution in [0.25, 0.3) is 0 Å². The van der Waals surface area contributed by atoms with E-state index < -0.39 is 11.2 Å². The maximum atomic E-state index is 11.6. The number of rotatable bonds is 3. The maximum absolute atomic E-state index is 11.6. The summed E-state index contributed by atoms with van der Waals surface area (Å²) in [6.45, 7) is 7.23. The summed E-state index contributed by atoms with van der Waals surface area (Å²) < 4.78 is 5.21. The standard InChI is InChI=1S/C11H22N2O3/c1-10(2,3)16-9(14)13(4)6-5-11(15)7-12-8-11/h12,15H,5-8H2,1-4H3. The van der Waals surface area contributed by atoms with Gasteiger partial charge in [0.15, 0.2) is 0 Å². The van der Waals surface area contributed by atoms with Crippen LogP contribution in [-0.4, -0.2) is 54.0 Å². The fraction of sp³-hybridized carbons (Fsp3) is 0.909. The molecule has 0 aliphatic carbocycles. The molecule has 0 bridgehead atoms. The summed E-state index contributed by atoms with van der Waals surface area (Å²) in [5.41, 5.74) is -1.11. The lowest BCUT2D eigenvalue weighted by molar-refractivity contribution is -0.0256. The smallest absolute Gasteiger partial charge is 0.410 e. The molecule has 1 rings (SSSR count). The Labute approximate surface area is 96.8 Å². The number of hydrogen-bond donors (Lipinski definition) is 2. The van der Waals surface area contributed by atoms with Crippen molar-refractivity contribution in [1.29, 1.82) is 0 Å². The predicted octanol–water partition coefficient (Wildman–Crippen LogP) is 0.578. The highest BCUT2D eigenvalue weighted by Crippen LogP contribution is 2.16. The Morgan fingerprint density at radius 2 is 2.06 bits per heavy atom. The first-order chi connectivity index (χ1) is 7.22. The second-order valence-corrected chi connectivity index (χ2v) is 5.48. The van der Waals surface area contributed by atoms with E-state index in [-0.39, 0.29) is 6.09 Å². The van der Waals surface area contributed by atoms with Gasteiger partial charge in [-0.25, -0.2) is 4.79 Å². The van der Waals surface area contributed by atoms with Crippen molar-refractivity contribution < 1.29 is 14.6 Å². The number of hydrogen-bond acceptors (Lipinski definition) is 4. The van der Waals surface area contributed by atoms with Gasteiger partial charge in [0.05, 0.1) is 5.60 Å². The molecule has 1 saturated heterocycles. The molecule has 16 heavy (non-hydrogen) atoms. The highest BCUT2D eigenvalue weighted by molar-refractivity contribution is 5.67. The van der Waals surface area contributed by atoms with Crippen molar-refractivity contribution in [2.75, 3.05) is 26.7 Å². The lowest BCUT2D eigenvalue weighted by Crippen LogP contribution is -2.60. The summed E-state index contributed by atoms with van der Waals surface area (Å²) >= 11 is 0. The Kier molecular flexibility index (Phi) is 3.80. The van der Waals surface area contributed by atoms with Gasteiger partial charge in [-0.05, 0) is 27.2 Å². The third-order valence-corrected chi connectivity index (χ3v) is 2.53. The molecular formula is C11H22N2O3. The average Bonchev–Trinajstić information content (AvgIpc) is 2.08.